The van der Waals surface area contributed by atoms with E-state index in [-0.39, 0.29) is 5.91 Å². The second-order valence-corrected chi connectivity index (χ2v) is 8.68. The number of methoxy groups -OCH3 is 1. The molecule has 32 heavy (non-hydrogen) atoms. The van der Waals surface area contributed by atoms with E-state index in [4.69, 9.17) is 26.8 Å². The smallest absolute Gasteiger partial charge is 0.266 e. The normalized spacial score (nSPS) is 15.1. The van der Waals surface area contributed by atoms with E-state index in [0.717, 1.165) is 28.3 Å². The van der Waals surface area contributed by atoms with Crippen LogP contribution < -0.4 is 4.74 Å². The number of thioether (sulfide) groups is 1. The van der Waals surface area contributed by atoms with E-state index in [1.54, 1.807) is 12.0 Å². The Morgan fingerprint density at radius 3 is 2.72 bits per heavy atom. The zero-order chi connectivity index (χ0) is 22.5. The highest BCUT2D eigenvalue weighted by atomic mass is 32.2. The Hall–Kier alpha value is -2.94. The maximum absolute atomic E-state index is 12.9. The van der Waals surface area contributed by atoms with Crippen molar-refractivity contribution < 1.29 is 14.3 Å². The van der Waals surface area contributed by atoms with Crippen LogP contribution in [-0.2, 0) is 9.53 Å². The summed E-state index contributed by atoms with van der Waals surface area (Å²) in [7, 11) is 1.61. The zero-order valence-electron chi connectivity index (χ0n) is 17.9. The molecule has 0 aliphatic carbocycles. The molecule has 1 fully saturated rings. The fraction of sp³-hybridized carbons (Fsp3) is 0.208. The second kappa shape index (κ2) is 10.1. The van der Waals surface area contributed by atoms with Crippen LogP contribution in [0.1, 0.15) is 12.5 Å². The predicted octanol–water partition coefficient (Wildman–Crippen LogP) is 4.79. The summed E-state index contributed by atoms with van der Waals surface area (Å²) in [4.78, 5) is 15.1. The maximum Gasteiger partial charge on any atom is 0.266 e. The summed E-state index contributed by atoms with van der Waals surface area (Å²) in [6, 6.07) is 17.7. The van der Waals surface area contributed by atoms with E-state index < -0.39 is 0 Å². The molecule has 3 aromatic rings. The number of benzene rings is 2. The van der Waals surface area contributed by atoms with Crippen molar-refractivity contribution >= 4 is 40.3 Å². The van der Waals surface area contributed by atoms with Gasteiger partial charge in [-0.1, -0.05) is 54.3 Å². The number of carbonyl (C=O) groups excluding carboxylic acids is 1. The monoisotopic (exact) mass is 465 g/mol. The first-order chi connectivity index (χ1) is 15.6. The Morgan fingerprint density at radius 1 is 1.16 bits per heavy atom. The number of amides is 1. The summed E-state index contributed by atoms with van der Waals surface area (Å²) >= 11 is 6.71. The fourth-order valence-electron chi connectivity index (χ4n) is 3.35. The quantitative estimate of drug-likeness (QED) is 0.352. The Morgan fingerprint density at radius 2 is 1.97 bits per heavy atom. The molecule has 164 valence electrons. The first kappa shape index (κ1) is 22.3. The standard InChI is InChI=1S/C24H23N3O3S2/c1-3-30-20-11-7-8-17(14-20)22-18(16-27(25-22)19-9-5-4-6-10-19)15-21-23(28)26(12-13-29-2)24(31)32-21/h4-11,14-16H,3,12-13H2,1-2H3. The molecule has 4 rings (SSSR count). The minimum atomic E-state index is -0.112. The van der Waals surface area contributed by atoms with Gasteiger partial charge in [0.1, 0.15) is 15.8 Å². The highest BCUT2D eigenvalue weighted by Gasteiger charge is 2.32. The highest BCUT2D eigenvalue weighted by Crippen LogP contribution is 2.35. The molecular formula is C24H23N3O3S2. The summed E-state index contributed by atoms with van der Waals surface area (Å²) in [6.45, 7) is 3.40. The third-order valence-electron chi connectivity index (χ3n) is 4.86. The molecule has 1 aromatic heterocycles. The molecule has 0 unspecified atom stereocenters. The lowest BCUT2D eigenvalue weighted by atomic mass is 10.1. The highest BCUT2D eigenvalue weighted by molar-refractivity contribution is 8.26. The van der Waals surface area contributed by atoms with Gasteiger partial charge in [-0.15, -0.1) is 0 Å². The summed E-state index contributed by atoms with van der Waals surface area (Å²) in [5.74, 6) is 0.662. The molecule has 2 aromatic carbocycles. The predicted molar refractivity (Wildman–Crippen MR) is 132 cm³/mol. The van der Waals surface area contributed by atoms with Crippen molar-refractivity contribution in [3.05, 3.63) is 71.3 Å². The van der Waals surface area contributed by atoms with Gasteiger partial charge in [0.2, 0.25) is 0 Å². The van der Waals surface area contributed by atoms with E-state index in [9.17, 15) is 4.79 Å². The lowest BCUT2D eigenvalue weighted by Crippen LogP contribution is -2.31. The third kappa shape index (κ3) is 4.77. The Bertz CT molecular complexity index is 1160. The van der Waals surface area contributed by atoms with Gasteiger partial charge in [-0.05, 0) is 37.3 Å². The molecule has 0 saturated carbocycles. The van der Waals surface area contributed by atoms with Crippen LogP contribution in [0.5, 0.6) is 5.75 Å². The number of aromatic nitrogens is 2. The lowest BCUT2D eigenvalue weighted by molar-refractivity contribution is -0.122. The van der Waals surface area contributed by atoms with Crippen LogP contribution in [0.2, 0.25) is 0 Å². The van der Waals surface area contributed by atoms with E-state index in [1.165, 1.54) is 11.8 Å². The molecule has 1 aliphatic heterocycles. The number of ether oxygens (including phenoxy) is 2. The molecule has 0 spiro atoms. The van der Waals surface area contributed by atoms with Gasteiger partial charge in [0.05, 0.1) is 30.4 Å². The fourth-order valence-corrected chi connectivity index (χ4v) is 4.65. The van der Waals surface area contributed by atoms with E-state index in [0.29, 0.717) is 29.0 Å². The van der Waals surface area contributed by atoms with Crippen molar-refractivity contribution in [3.8, 4) is 22.7 Å². The minimum Gasteiger partial charge on any atom is -0.494 e. The topological polar surface area (TPSA) is 56.6 Å². The Kier molecular flexibility index (Phi) is 7.04. The molecule has 1 saturated heterocycles. The van der Waals surface area contributed by atoms with Crippen molar-refractivity contribution in [2.45, 2.75) is 6.92 Å². The molecule has 0 radical (unpaired) electrons. The van der Waals surface area contributed by atoms with Gasteiger partial charge in [0.25, 0.3) is 5.91 Å². The minimum absolute atomic E-state index is 0.112. The average molecular weight is 466 g/mol. The van der Waals surface area contributed by atoms with Crippen LogP contribution in [0.15, 0.2) is 65.7 Å². The molecule has 0 N–H and O–H groups in total. The Labute approximate surface area is 196 Å². The van der Waals surface area contributed by atoms with Gasteiger partial charge in [-0.3, -0.25) is 9.69 Å². The summed E-state index contributed by atoms with van der Waals surface area (Å²) in [6.07, 6.45) is 3.79. The third-order valence-corrected chi connectivity index (χ3v) is 6.24. The number of para-hydroxylation sites is 1. The van der Waals surface area contributed by atoms with Crippen LogP contribution in [0.4, 0.5) is 0 Å². The molecule has 1 amide bonds. The molecule has 8 heteroatoms. The lowest BCUT2D eigenvalue weighted by Gasteiger charge is -2.12. The van der Waals surface area contributed by atoms with Crippen molar-refractivity contribution in [1.29, 1.82) is 0 Å². The number of nitrogens with zero attached hydrogens (tertiary/aromatic N) is 3. The van der Waals surface area contributed by atoms with E-state index >= 15 is 0 Å². The first-order valence-corrected chi connectivity index (χ1v) is 11.5. The van der Waals surface area contributed by atoms with Crippen molar-refractivity contribution in [3.63, 3.8) is 0 Å². The van der Waals surface area contributed by atoms with Gasteiger partial charge in [-0.25, -0.2) is 4.68 Å². The van der Waals surface area contributed by atoms with Gasteiger partial charge in [-0.2, -0.15) is 5.10 Å². The van der Waals surface area contributed by atoms with Gasteiger partial charge >= 0.3 is 0 Å². The molecule has 2 heterocycles. The molecular weight excluding hydrogens is 442 g/mol. The first-order valence-electron chi connectivity index (χ1n) is 10.2. The molecule has 0 atom stereocenters. The van der Waals surface area contributed by atoms with Crippen LogP contribution in [0, 0.1) is 0 Å². The van der Waals surface area contributed by atoms with Crippen LogP contribution >= 0.6 is 24.0 Å². The number of hydrogen-bond donors (Lipinski definition) is 0. The van der Waals surface area contributed by atoms with Crippen molar-refractivity contribution in [2.75, 3.05) is 26.9 Å². The average Bonchev–Trinajstić information content (AvgIpc) is 3.34. The van der Waals surface area contributed by atoms with Crippen molar-refractivity contribution in [2.24, 2.45) is 0 Å². The molecule has 0 bridgehead atoms. The largest absolute Gasteiger partial charge is 0.494 e. The van der Waals surface area contributed by atoms with Crippen LogP contribution in [0.25, 0.3) is 23.0 Å². The number of carbonyl (C=O) groups is 1. The van der Waals surface area contributed by atoms with Crippen LogP contribution in [-0.4, -0.2) is 51.8 Å². The number of hydrogen-bond acceptors (Lipinski definition) is 6. The summed E-state index contributed by atoms with van der Waals surface area (Å²) in [5, 5.41) is 4.84. The van der Waals surface area contributed by atoms with Gasteiger partial charge in [0, 0.05) is 24.4 Å². The van der Waals surface area contributed by atoms with E-state index in [2.05, 4.69) is 0 Å². The number of thiocarbonyl (C=S) groups is 1. The van der Waals surface area contributed by atoms with Gasteiger partial charge < -0.3 is 9.47 Å². The Balaban J connectivity index is 1.76. The maximum atomic E-state index is 12.9. The zero-order valence-corrected chi connectivity index (χ0v) is 19.5. The van der Waals surface area contributed by atoms with Gasteiger partial charge in [0.15, 0.2) is 0 Å². The molecule has 1 aliphatic rings. The molecule has 6 nitrogen and oxygen atoms in total. The summed E-state index contributed by atoms with van der Waals surface area (Å²) in [5.41, 5.74) is 3.43. The van der Waals surface area contributed by atoms with Crippen LogP contribution in [0.3, 0.4) is 0 Å². The SMILES string of the molecule is CCOc1cccc(-c2nn(-c3ccccc3)cc2C=C2SC(=S)N(CCOC)C2=O)c1. The van der Waals surface area contributed by atoms with Crippen molar-refractivity contribution in [1.82, 2.24) is 14.7 Å². The number of rotatable bonds is 8. The summed E-state index contributed by atoms with van der Waals surface area (Å²) < 4.78 is 13.1. The van der Waals surface area contributed by atoms with E-state index in [1.807, 2.05) is 78.5 Å². The second-order valence-electron chi connectivity index (χ2n) is 7.00.